The van der Waals surface area contributed by atoms with Crippen LogP contribution in [0.25, 0.3) is 0 Å². The van der Waals surface area contributed by atoms with Gasteiger partial charge in [-0.15, -0.1) is 5.10 Å². The summed E-state index contributed by atoms with van der Waals surface area (Å²) in [7, 11) is -1.88. The first-order valence-electron chi connectivity index (χ1n) is 12.7. The van der Waals surface area contributed by atoms with E-state index in [1.807, 2.05) is 31.2 Å². The summed E-state index contributed by atoms with van der Waals surface area (Å²) in [6, 6.07) is 13.2. The topological polar surface area (TPSA) is 107 Å². The van der Waals surface area contributed by atoms with Crippen molar-refractivity contribution in [3.8, 4) is 0 Å². The van der Waals surface area contributed by atoms with Gasteiger partial charge in [0.1, 0.15) is 12.2 Å². The summed E-state index contributed by atoms with van der Waals surface area (Å²) in [5.74, 6) is -0.0470. The van der Waals surface area contributed by atoms with Crippen LogP contribution in [0.3, 0.4) is 0 Å². The number of ether oxygens (including phenoxy) is 1. The first-order chi connectivity index (χ1) is 18.3. The maximum atomic E-state index is 14.3. The van der Waals surface area contributed by atoms with Crippen LogP contribution in [0.2, 0.25) is 10.0 Å². The zero-order valence-corrected chi connectivity index (χ0v) is 24.9. The number of carbonyl (C=O) groups is 1. The van der Waals surface area contributed by atoms with Gasteiger partial charge in [-0.05, 0) is 73.0 Å². The summed E-state index contributed by atoms with van der Waals surface area (Å²) in [6.45, 7) is 6.91. The monoisotopic (exact) mass is 593 g/mol. The summed E-state index contributed by atoms with van der Waals surface area (Å²) in [6.07, 6.45) is -1.06. The van der Waals surface area contributed by atoms with E-state index in [-0.39, 0.29) is 18.1 Å². The lowest BCUT2D eigenvalue weighted by atomic mass is 9.89. The van der Waals surface area contributed by atoms with Crippen molar-refractivity contribution in [1.29, 1.82) is 0 Å². The van der Waals surface area contributed by atoms with E-state index < -0.39 is 38.9 Å². The Morgan fingerprint density at radius 3 is 2.31 bits per heavy atom. The van der Waals surface area contributed by atoms with Gasteiger partial charge in [0.15, 0.2) is 15.7 Å². The number of morpholine rings is 1. The molecule has 0 bridgehead atoms. The van der Waals surface area contributed by atoms with E-state index in [1.54, 1.807) is 57.0 Å². The second kappa shape index (κ2) is 11.5. The molecule has 0 spiro atoms. The van der Waals surface area contributed by atoms with Crippen LogP contribution in [0.15, 0.2) is 48.5 Å². The molecule has 0 saturated carbocycles. The van der Waals surface area contributed by atoms with Crippen molar-refractivity contribution >= 4 is 38.9 Å². The SMILES string of the molecule is CC[C@@H](CS(=O)(=O)C(C)(C)C)N1C(=O)[C@@H](Cc2nnnn2C)O[C@H](c2cccc(Cl)c2)[C@H]1c1ccc(Cl)cc1. The zero-order chi connectivity index (χ0) is 28.5. The van der Waals surface area contributed by atoms with Crippen molar-refractivity contribution < 1.29 is 17.9 Å². The van der Waals surface area contributed by atoms with Gasteiger partial charge in [0, 0.05) is 29.6 Å². The maximum Gasteiger partial charge on any atom is 0.253 e. The van der Waals surface area contributed by atoms with Crippen LogP contribution < -0.4 is 0 Å². The van der Waals surface area contributed by atoms with Crippen LogP contribution in [0.1, 0.15) is 63.2 Å². The summed E-state index contributed by atoms with van der Waals surface area (Å²) in [5.41, 5.74) is 1.53. The number of sulfone groups is 1. The Kier molecular flexibility index (Phi) is 8.70. The fourth-order valence-electron chi connectivity index (χ4n) is 4.73. The molecule has 3 aromatic rings. The molecule has 2 aromatic carbocycles. The molecular weight excluding hydrogens is 561 g/mol. The number of rotatable bonds is 8. The predicted octanol–water partition coefficient (Wildman–Crippen LogP) is 4.76. The first kappa shape index (κ1) is 29.5. The largest absolute Gasteiger partial charge is 0.357 e. The van der Waals surface area contributed by atoms with E-state index in [2.05, 4.69) is 15.5 Å². The van der Waals surface area contributed by atoms with Crippen molar-refractivity contribution in [2.45, 2.75) is 69.6 Å². The van der Waals surface area contributed by atoms with Crippen molar-refractivity contribution in [2.75, 3.05) is 5.75 Å². The van der Waals surface area contributed by atoms with Gasteiger partial charge in [-0.3, -0.25) is 4.79 Å². The molecule has 4 atom stereocenters. The van der Waals surface area contributed by atoms with Crippen molar-refractivity contribution in [2.24, 2.45) is 7.05 Å². The van der Waals surface area contributed by atoms with Crippen molar-refractivity contribution in [3.05, 3.63) is 75.5 Å². The van der Waals surface area contributed by atoms with Gasteiger partial charge >= 0.3 is 0 Å². The number of hydrogen-bond donors (Lipinski definition) is 0. The second-order valence-corrected chi connectivity index (χ2v) is 14.4. The average molecular weight is 595 g/mol. The van der Waals surface area contributed by atoms with Crippen LogP contribution in [-0.2, 0) is 32.8 Å². The summed E-state index contributed by atoms with van der Waals surface area (Å²) < 4.78 is 33.9. The average Bonchev–Trinajstić information content (AvgIpc) is 3.27. The number of amides is 1. The molecule has 0 unspecified atom stereocenters. The Morgan fingerprint density at radius 1 is 1.05 bits per heavy atom. The molecule has 4 rings (SSSR count). The van der Waals surface area contributed by atoms with E-state index in [1.165, 1.54) is 4.68 Å². The number of hydrogen-bond acceptors (Lipinski definition) is 7. The highest BCUT2D eigenvalue weighted by molar-refractivity contribution is 7.92. The number of carbonyl (C=O) groups excluding carboxylic acids is 1. The molecular formula is C27H33Cl2N5O4S. The van der Waals surface area contributed by atoms with Gasteiger partial charge in [-0.2, -0.15) is 0 Å². The highest BCUT2D eigenvalue weighted by atomic mass is 35.5. The van der Waals surface area contributed by atoms with E-state index in [9.17, 15) is 13.2 Å². The maximum absolute atomic E-state index is 14.3. The van der Waals surface area contributed by atoms with Gasteiger partial charge in [0.05, 0.1) is 16.5 Å². The number of benzene rings is 2. The Morgan fingerprint density at radius 2 is 1.74 bits per heavy atom. The molecule has 1 aromatic heterocycles. The van der Waals surface area contributed by atoms with Gasteiger partial charge in [-0.1, -0.05) is 54.4 Å². The molecule has 39 heavy (non-hydrogen) atoms. The fraction of sp³-hybridized carbons (Fsp3) is 0.481. The Bertz CT molecular complexity index is 1420. The first-order valence-corrected chi connectivity index (χ1v) is 15.1. The molecule has 1 amide bonds. The second-order valence-electron chi connectivity index (χ2n) is 10.7. The Labute approximate surface area is 239 Å². The van der Waals surface area contributed by atoms with Crippen LogP contribution in [-0.4, -0.2) is 62.1 Å². The predicted molar refractivity (Wildman–Crippen MR) is 150 cm³/mol. The molecule has 1 aliphatic heterocycles. The lowest BCUT2D eigenvalue weighted by Gasteiger charge is -2.48. The smallest absolute Gasteiger partial charge is 0.253 e. The quantitative estimate of drug-likeness (QED) is 0.370. The normalized spacial score (nSPS) is 21.3. The van der Waals surface area contributed by atoms with E-state index in [0.717, 1.165) is 11.1 Å². The summed E-state index contributed by atoms with van der Waals surface area (Å²) >= 11 is 12.6. The molecule has 1 saturated heterocycles. The molecule has 0 radical (unpaired) electrons. The Balaban J connectivity index is 1.88. The highest BCUT2D eigenvalue weighted by Gasteiger charge is 2.48. The van der Waals surface area contributed by atoms with E-state index in [4.69, 9.17) is 27.9 Å². The van der Waals surface area contributed by atoms with Crippen LogP contribution in [0, 0.1) is 0 Å². The fourth-order valence-corrected chi connectivity index (χ4v) is 6.45. The Hall–Kier alpha value is -2.53. The molecule has 0 N–H and O–H groups in total. The minimum absolute atomic E-state index is 0.117. The number of tetrazole rings is 1. The van der Waals surface area contributed by atoms with Gasteiger partial charge < -0.3 is 9.64 Å². The number of halogens is 2. The molecule has 0 aliphatic carbocycles. The van der Waals surface area contributed by atoms with E-state index in [0.29, 0.717) is 22.3 Å². The standard InChI is InChI=1S/C27H33Cl2N5O4S/c1-6-21(16-39(36,37)27(2,3)4)34-24(17-10-12-19(28)13-11-17)25(18-8-7-9-20(29)14-18)38-22(26(34)35)15-23-30-31-32-33(23)5/h7-14,21-22,24-25H,6,15-16H2,1-5H3/t21-,22+,24+,25+/m0/s1. The summed E-state index contributed by atoms with van der Waals surface area (Å²) in [5, 5.41) is 12.7. The van der Waals surface area contributed by atoms with Gasteiger partial charge in [-0.25, -0.2) is 13.1 Å². The highest BCUT2D eigenvalue weighted by Crippen LogP contribution is 2.45. The van der Waals surface area contributed by atoms with Crippen molar-refractivity contribution in [3.63, 3.8) is 0 Å². The third kappa shape index (κ3) is 6.29. The number of aromatic nitrogens is 4. The van der Waals surface area contributed by atoms with Gasteiger partial charge in [0.25, 0.3) is 5.91 Å². The third-order valence-corrected chi connectivity index (χ3v) is 10.3. The minimum Gasteiger partial charge on any atom is -0.357 e. The summed E-state index contributed by atoms with van der Waals surface area (Å²) in [4.78, 5) is 16.0. The molecule has 2 heterocycles. The molecule has 1 aliphatic rings. The van der Waals surface area contributed by atoms with Crippen LogP contribution >= 0.6 is 23.2 Å². The minimum atomic E-state index is -3.57. The molecule has 9 nitrogen and oxygen atoms in total. The molecule has 1 fully saturated rings. The number of aryl methyl sites for hydroxylation is 1. The lowest BCUT2D eigenvalue weighted by molar-refractivity contribution is -0.178. The number of nitrogens with zero attached hydrogens (tertiary/aromatic N) is 5. The van der Waals surface area contributed by atoms with Crippen LogP contribution in [0.4, 0.5) is 0 Å². The molecule has 12 heteroatoms. The molecule has 210 valence electrons. The zero-order valence-electron chi connectivity index (χ0n) is 22.6. The third-order valence-electron chi connectivity index (χ3n) is 7.10. The lowest BCUT2D eigenvalue weighted by Crippen LogP contribution is -2.57. The van der Waals surface area contributed by atoms with E-state index >= 15 is 0 Å². The van der Waals surface area contributed by atoms with Crippen LogP contribution in [0.5, 0.6) is 0 Å². The van der Waals surface area contributed by atoms with Gasteiger partial charge in [0.2, 0.25) is 0 Å². The van der Waals surface area contributed by atoms with Crippen molar-refractivity contribution in [1.82, 2.24) is 25.1 Å².